The fourth-order valence-electron chi connectivity index (χ4n) is 5.42. The first kappa shape index (κ1) is 22.8. The molecule has 0 bridgehead atoms. The van der Waals surface area contributed by atoms with Crippen molar-refractivity contribution in [3.8, 4) is 0 Å². The fourth-order valence-corrected chi connectivity index (χ4v) is 5.42. The highest BCUT2D eigenvalue weighted by molar-refractivity contribution is 5.98. The summed E-state index contributed by atoms with van der Waals surface area (Å²) in [6.07, 6.45) is 6.22. The average Bonchev–Trinajstić information content (AvgIpc) is 2.96. The molecular formula is C25H37NO4. The van der Waals surface area contributed by atoms with Gasteiger partial charge in [-0.15, -0.1) is 0 Å². The summed E-state index contributed by atoms with van der Waals surface area (Å²) in [5.74, 6) is 0.611. The van der Waals surface area contributed by atoms with Crippen LogP contribution in [0.2, 0.25) is 0 Å². The van der Waals surface area contributed by atoms with E-state index in [1.165, 1.54) is 24.2 Å². The van der Waals surface area contributed by atoms with Crippen LogP contribution in [0.25, 0.3) is 0 Å². The van der Waals surface area contributed by atoms with Crippen LogP contribution in [0.1, 0.15) is 83.0 Å². The molecule has 3 atom stereocenters. The molecular weight excluding hydrogens is 378 g/mol. The summed E-state index contributed by atoms with van der Waals surface area (Å²) in [5.41, 5.74) is -0.167. The second-order valence-electron chi connectivity index (χ2n) is 9.88. The highest BCUT2D eigenvalue weighted by atomic mass is 16.6. The van der Waals surface area contributed by atoms with E-state index in [0.29, 0.717) is 17.9 Å². The molecule has 1 aliphatic heterocycles. The Kier molecular flexibility index (Phi) is 7.22. The number of Topliss-reactive ketones (excluding diaryl/α,β-unsaturated/α-hetero) is 1. The maximum absolute atomic E-state index is 13.3. The van der Waals surface area contributed by atoms with Gasteiger partial charge in [0.15, 0.2) is 5.78 Å². The van der Waals surface area contributed by atoms with E-state index < -0.39 is 11.8 Å². The van der Waals surface area contributed by atoms with Gasteiger partial charge in [0, 0.05) is 11.5 Å². The first-order valence-electron chi connectivity index (χ1n) is 11.5. The summed E-state index contributed by atoms with van der Waals surface area (Å²) in [6.45, 7) is 7.80. The van der Waals surface area contributed by atoms with Gasteiger partial charge in [0.05, 0.1) is 12.1 Å². The minimum atomic E-state index is -0.932. The largest absolute Gasteiger partial charge is 0.465 e. The van der Waals surface area contributed by atoms with E-state index in [-0.39, 0.29) is 29.8 Å². The molecule has 1 unspecified atom stereocenters. The molecule has 0 aromatic heterocycles. The maximum Gasteiger partial charge on any atom is 0.409 e. The molecule has 1 saturated carbocycles. The van der Waals surface area contributed by atoms with Crippen LogP contribution in [0.15, 0.2) is 30.3 Å². The van der Waals surface area contributed by atoms with Gasteiger partial charge in [-0.05, 0) is 38.5 Å². The lowest BCUT2D eigenvalue weighted by Gasteiger charge is -2.34. The third-order valence-electron chi connectivity index (χ3n) is 6.97. The molecule has 1 aliphatic carbocycles. The molecule has 1 aromatic rings. The Morgan fingerprint density at radius 2 is 1.77 bits per heavy atom. The number of amides is 1. The minimum Gasteiger partial charge on any atom is -0.465 e. The van der Waals surface area contributed by atoms with Crippen molar-refractivity contribution >= 4 is 11.9 Å². The van der Waals surface area contributed by atoms with Crippen LogP contribution in [-0.4, -0.2) is 39.8 Å². The van der Waals surface area contributed by atoms with Gasteiger partial charge in [0.25, 0.3) is 0 Å². The van der Waals surface area contributed by atoms with Crippen LogP contribution >= 0.6 is 0 Å². The predicted octanol–water partition coefficient (Wildman–Crippen LogP) is 5.99. The van der Waals surface area contributed by atoms with E-state index in [1.54, 1.807) is 0 Å². The minimum absolute atomic E-state index is 0.122. The number of carbonyl (C=O) groups is 2. The summed E-state index contributed by atoms with van der Waals surface area (Å²) < 4.78 is 6.34. The Hall–Kier alpha value is -1.88. The number of ketones is 1. The van der Waals surface area contributed by atoms with Gasteiger partial charge < -0.3 is 9.84 Å². The summed E-state index contributed by atoms with van der Waals surface area (Å²) in [7, 11) is 0. The predicted molar refractivity (Wildman–Crippen MR) is 118 cm³/mol. The van der Waals surface area contributed by atoms with Crippen LogP contribution in [0, 0.1) is 17.8 Å². The zero-order chi connectivity index (χ0) is 21.9. The van der Waals surface area contributed by atoms with Crippen molar-refractivity contribution in [3.05, 3.63) is 35.9 Å². The number of carbonyl (C=O) groups excluding carboxylic acids is 1. The Labute approximate surface area is 180 Å². The van der Waals surface area contributed by atoms with Crippen molar-refractivity contribution in [2.75, 3.05) is 0 Å². The van der Waals surface area contributed by atoms with Crippen molar-refractivity contribution in [2.45, 2.75) is 90.5 Å². The second kappa shape index (κ2) is 9.51. The molecule has 1 heterocycles. The normalized spacial score (nSPS) is 25.4. The standard InChI is InChI=1S/C25H37NO4/c1-17(2)20(23(27)19-13-9-6-10-14-19)16-22-21(15-18-11-7-5-8-12-18)26(24(28)29)25(3,4)30-22/h6,9-10,13-14,17-18,20-22H,5,7-8,11-12,15-16H2,1-4H3,(H,28,29)/t20?,21-,22-/m0/s1. The molecule has 1 amide bonds. The lowest BCUT2D eigenvalue weighted by atomic mass is 9.79. The van der Waals surface area contributed by atoms with Gasteiger partial charge in [-0.1, -0.05) is 76.3 Å². The quantitative estimate of drug-likeness (QED) is 0.556. The zero-order valence-electron chi connectivity index (χ0n) is 18.8. The monoisotopic (exact) mass is 415 g/mol. The van der Waals surface area contributed by atoms with Crippen molar-refractivity contribution in [1.29, 1.82) is 0 Å². The maximum atomic E-state index is 13.3. The van der Waals surface area contributed by atoms with Crippen molar-refractivity contribution in [1.82, 2.24) is 4.90 Å². The highest BCUT2D eigenvalue weighted by Gasteiger charge is 2.51. The second-order valence-corrected chi connectivity index (χ2v) is 9.88. The van der Waals surface area contributed by atoms with Crippen LogP contribution in [0.5, 0.6) is 0 Å². The summed E-state index contributed by atoms with van der Waals surface area (Å²) in [4.78, 5) is 26.9. The third-order valence-corrected chi connectivity index (χ3v) is 6.97. The third kappa shape index (κ3) is 5.05. The number of benzene rings is 1. The van der Waals surface area contributed by atoms with Crippen LogP contribution in [0.4, 0.5) is 4.79 Å². The number of ether oxygens (including phenoxy) is 1. The Bertz CT molecular complexity index is 724. The first-order valence-corrected chi connectivity index (χ1v) is 11.5. The molecule has 30 heavy (non-hydrogen) atoms. The smallest absolute Gasteiger partial charge is 0.409 e. The summed E-state index contributed by atoms with van der Waals surface area (Å²) in [6, 6.07) is 9.20. The molecule has 5 heteroatoms. The number of hydrogen-bond donors (Lipinski definition) is 1. The van der Waals surface area contributed by atoms with E-state index in [9.17, 15) is 14.7 Å². The van der Waals surface area contributed by atoms with E-state index in [4.69, 9.17) is 4.74 Å². The van der Waals surface area contributed by atoms with Crippen molar-refractivity contribution in [3.63, 3.8) is 0 Å². The van der Waals surface area contributed by atoms with E-state index in [1.807, 2.05) is 44.2 Å². The van der Waals surface area contributed by atoms with Gasteiger partial charge in [-0.3, -0.25) is 9.69 Å². The summed E-state index contributed by atoms with van der Waals surface area (Å²) in [5, 5.41) is 9.98. The zero-order valence-corrected chi connectivity index (χ0v) is 18.8. The van der Waals surface area contributed by atoms with Gasteiger partial charge in [-0.2, -0.15) is 0 Å². The van der Waals surface area contributed by atoms with Gasteiger partial charge >= 0.3 is 6.09 Å². The van der Waals surface area contributed by atoms with E-state index >= 15 is 0 Å². The number of rotatable bonds is 7. The Morgan fingerprint density at radius 3 is 2.33 bits per heavy atom. The topological polar surface area (TPSA) is 66.8 Å². The molecule has 2 aliphatic rings. The molecule has 0 spiro atoms. The van der Waals surface area contributed by atoms with Gasteiger partial charge in [0.1, 0.15) is 5.72 Å². The van der Waals surface area contributed by atoms with Crippen molar-refractivity contribution in [2.24, 2.45) is 17.8 Å². The summed E-state index contributed by atoms with van der Waals surface area (Å²) >= 11 is 0. The Balaban J connectivity index is 1.84. The highest BCUT2D eigenvalue weighted by Crippen LogP contribution is 2.41. The molecule has 1 aromatic carbocycles. The van der Waals surface area contributed by atoms with Crippen LogP contribution in [-0.2, 0) is 4.74 Å². The number of nitrogens with zero attached hydrogens (tertiary/aromatic N) is 1. The molecule has 166 valence electrons. The van der Waals surface area contributed by atoms with E-state index in [2.05, 4.69) is 13.8 Å². The molecule has 1 saturated heterocycles. The molecule has 2 fully saturated rings. The fraction of sp³-hybridized carbons (Fsp3) is 0.680. The lowest BCUT2D eigenvalue weighted by molar-refractivity contribution is -0.0711. The molecule has 1 N–H and O–H groups in total. The lowest BCUT2D eigenvalue weighted by Crippen LogP contribution is -2.48. The molecule has 0 radical (unpaired) electrons. The SMILES string of the molecule is CC(C)C(C[C@@H]1OC(C)(C)N(C(=O)O)[C@H]1CC1CCCCC1)C(=O)c1ccccc1. The van der Waals surface area contributed by atoms with Crippen molar-refractivity contribution < 1.29 is 19.4 Å². The first-order chi connectivity index (χ1) is 14.2. The molecule has 5 nitrogen and oxygen atoms in total. The van der Waals surface area contributed by atoms with E-state index in [0.717, 1.165) is 19.3 Å². The average molecular weight is 416 g/mol. The van der Waals surface area contributed by atoms with Gasteiger partial charge in [0.2, 0.25) is 0 Å². The number of carboxylic acid groups (broad SMARTS) is 1. The number of hydrogen-bond acceptors (Lipinski definition) is 3. The van der Waals surface area contributed by atoms with Crippen LogP contribution in [0.3, 0.4) is 0 Å². The van der Waals surface area contributed by atoms with Crippen LogP contribution < -0.4 is 0 Å². The molecule has 3 rings (SSSR count). The Morgan fingerprint density at radius 1 is 1.13 bits per heavy atom. The van der Waals surface area contributed by atoms with Gasteiger partial charge in [-0.25, -0.2) is 4.79 Å².